The van der Waals surface area contributed by atoms with E-state index in [0.29, 0.717) is 30.9 Å². The maximum absolute atomic E-state index is 12.0. The van der Waals surface area contributed by atoms with Crippen molar-refractivity contribution in [1.82, 2.24) is 0 Å². The standard InChI is InChI=1S/C17H23NO5/c19-16(12-15-4-1-2-10-23-15)18-13-6-8-14(9-7-13)22-11-3-5-17(20)21/h6-9,15H,1-5,10-12H2,(H,18,19)(H,20,21). The molecule has 2 rings (SSSR count). The van der Waals surface area contributed by atoms with Crippen molar-refractivity contribution in [1.29, 1.82) is 0 Å². The summed E-state index contributed by atoms with van der Waals surface area (Å²) in [6.45, 7) is 1.10. The topological polar surface area (TPSA) is 84.9 Å². The van der Waals surface area contributed by atoms with Crippen molar-refractivity contribution in [3.8, 4) is 5.75 Å². The number of benzene rings is 1. The highest BCUT2D eigenvalue weighted by molar-refractivity contribution is 5.91. The van der Waals surface area contributed by atoms with Crippen LogP contribution in [-0.2, 0) is 14.3 Å². The number of hydrogen-bond acceptors (Lipinski definition) is 4. The molecule has 1 saturated heterocycles. The number of carbonyl (C=O) groups is 2. The lowest BCUT2D eigenvalue weighted by molar-refractivity contribution is -0.137. The van der Waals surface area contributed by atoms with Crippen molar-refractivity contribution in [2.45, 2.75) is 44.6 Å². The molecule has 0 spiro atoms. The van der Waals surface area contributed by atoms with Crippen LogP contribution >= 0.6 is 0 Å². The Kier molecular flexibility index (Phi) is 6.87. The first kappa shape index (κ1) is 17.3. The Balaban J connectivity index is 1.71. The third-order valence-corrected chi connectivity index (χ3v) is 3.63. The zero-order chi connectivity index (χ0) is 16.5. The van der Waals surface area contributed by atoms with Gasteiger partial charge in [-0.05, 0) is 49.9 Å². The fraction of sp³-hybridized carbons (Fsp3) is 0.529. The van der Waals surface area contributed by atoms with Gasteiger partial charge in [-0.1, -0.05) is 0 Å². The number of ether oxygens (including phenoxy) is 2. The number of nitrogens with one attached hydrogen (secondary N) is 1. The molecule has 1 aromatic rings. The molecule has 0 radical (unpaired) electrons. The molecular weight excluding hydrogens is 298 g/mol. The summed E-state index contributed by atoms with van der Waals surface area (Å²) < 4.78 is 11.0. The molecule has 126 valence electrons. The molecule has 1 heterocycles. The van der Waals surface area contributed by atoms with E-state index < -0.39 is 5.97 Å². The van der Waals surface area contributed by atoms with Crippen LogP contribution in [0.25, 0.3) is 0 Å². The Morgan fingerprint density at radius 1 is 1.26 bits per heavy atom. The molecule has 0 saturated carbocycles. The molecule has 1 aliphatic rings. The first-order valence-electron chi connectivity index (χ1n) is 7.99. The summed E-state index contributed by atoms with van der Waals surface area (Å²) in [5, 5.41) is 11.4. The van der Waals surface area contributed by atoms with Crippen LogP contribution < -0.4 is 10.1 Å². The number of hydrogen-bond donors (Lipinski definition) is 2. The van der Waals surface area contributed by atoms with E-state index in [1.165, 1.54) is 0 Å². The predicted molar refractivity (Wildman–Crippen MR) is 85.6 cm³/mol. The van der Waals surface area contributed by atoms with Gasteiger partial charge in [0.1, 0.15) is 5.75 Å². The summed E-state index contributed by atoms with van der Waals surface area (Å²) in [5.41, 5.74) is 0.712. The molecule has 1 unspecified atom stereocenters. The summed E-state index contributed by atoms with van der Waals surface area (Å²) in [4.78, 5) is 22.4. The van der Waals surface area contributed by atoms with E-state index >= 15 is 0 Å². The van der Waals surface area contributed by atoms with E-state index in [2.05, 4.69) is 5.32 Å². The number of rotatable bonds is 8. The smallest absolute Gasteiger partial charge is 0.303 e. The lowest BCUT2D eigenvalue weighted by Gasteiger charge is -2.21. The molecule has 1 atom stereocenters. The molecule has 1 amide bonds. The predicted octanol–water partition coefficient (Wildman–Crippen LogP) is 2.83. The SMILES string of the molecule is O=C(O)CCCOc1ccc(NC(=O)CC2CCCCO2)cc1. The molecule has 6 nitrogen and oxygen atoms in total. The van der Waals surface area contributed by atoms with E-state index in [0.717, 1.165) is 25.9 Å². The number of carboxylic acids is 1. The van der Waals surface area contributed by atoms with Crippen molar-refractivity contribution < 1.29 is 24.2 Å². The minimum Gasteiger partial charge on any atom is -0.494 e. The fourth-order valence-electron chi connectivity index (χ4n) is 2.44. The zero-order valence-electron chi connectivity index (χ0n) is 13.1. The Morgan fingerprint density at radius 3 is 2.70 bits per heavy atom. The Bertz CT molecular complexity index is 508. The van der Waals surface area contributed by atoms with Crippen molar-refractivity contribution >= 4 is 17.6 Å². The zero-order valence-corrected chi connectivity index (χ0v) is 13.1. The summed E-state index contributed by atoms with van der Waals surface area (Å²) in [7, 11) is 0. The Morgan fingerprint density at radius 2 is 2.04 bits per heavy atom. The van der Waals surface area contributed by atoms with Gasteiger partial charge in [-0.25, -0.2) is 0 Å². The van der Waals surface area contributed by atoms with Gasteiger partial charge in [0.05, 0.1) is 19.1 Å². The molecule has 0 aliphatic carbocycles. The molecule has 23 heavy (non-hydrogen) atoms. The molecule has 0 bridgehead atoms. The lowest BCUT2D eigenvalue weighted by atomic mass is 10.1. The van der Waals surface area contributed by atoms with Crippen LogP contribution in [-0.4, -0.2) is 36.3 Å². The summed E-state index contributed by atoms with van der Waals surface area (Å²) >= 11 is 0. The van der Waals surface area contributed by atoms with Crippen LogP contribution in [0.1, 0.15) is 38.5 Å². The average molecular weight is 321 g/mol. The molecule has 1 aliphatic heterocycles. The highest BCUT2D eigenvalue weighted by Crippen LogP contribution is 2.19. The minimum atomic E-state index is -0.825. The Labute approximate surface area is 135 Å². The number of carboxylic acid groups (broad SMARTS) is 1. The number of anilines is 1. The normalized spacial score (nSPS) is 17.5. The maximum Gasteiger partial charge on any atom is 0.303 e. The molecule has 1 fully saturated rings. The van der Waals surface area contributed by atoms with Gasteiger partial charge in [0.25, 0.3) is 0 Å². The summed E-state index contributed by atoms with van der Waals surface area (Å²) in [6, 6.07) is 7.05. The first-order valence-corrected chi connectivity index (χ1v) is 7.99. The van der Waals surface area contributed by atoms with Crippen molar-refractivity contribution in [3.63, 3.8) is 0 Å². The second-order valence-electron chi connectivity index (χ2n) is 5.61. The van der Waals surface area contributed by atoms with Crippen LogP contribution in [0.2, 0.25) is 0 Å². The lowest BCUT2D eigenvalue weighted by Crippen LogP contribution is -2.25. The van der Waals surface area contributed by atoms with E-state index in [4.69, 9.17) is 14.6 Å². The molecule has 0 aromatic heterocycles. The molecule has 6 heteroatoms. The van der Waals surface area contributed by atoms with Crippen molar-refractivity contribution in [2.24, 2.45) is 0 Å². The summed E-state index contributed by atoms with van der Waals surface area (Å²) in [6.07, 6.45) is 4.11. The second-order valence-corrected chi connectivity index (χ2v) is 5.61. The highest BCUT2D eigenvalue weighted by atomic mass is 16.5. The quantitative estimate of drug-likeness (QED) is 0.719. The van der Waals surface area contributed by atoms with Crippen LogP contribution in [0, 0.1) is 0 Å². The second kappa shape index (κ2) is 9.15. The minimum absolute atomic E-state index is 0.0283. The number of carbonyl (C=O) groups excluding carboxylic acids is 1. The van der Waals surface area contributed by atoms with Crippen LogP contribution in [0.4, 0.5) is 5.69 Å². The van der Waals surface area contributed by atoms with Crippen molar-refractivity contribution in [3.05, 3.63) is 24.3 Å². The van der Waals surface area contributed by atoms with Gasteiger partial charge < -0.3 is 19.9 Å². The van der Waals surface area contributed by atoms with Crippen LogP contribution in [0.15, 0.2) is 24.3 Å². The fourth-order valence-corrected chi connectivity index (χ4v) is 2.44. The molecule has 2 N–H and O–H groups in total. The number of aliphatic carboxylic acids is 1. The molecule has 1 aromatic carbocycles. The van der Waals surface area contributed by atoms with Gasteiger partial charge in [-0.15, -0.1) is 0 Å². The first-order chi connectivity index (χ1) is 11.1. The van der Waals surface area contributed by atoms with Gasteiger partial charge >= 0.3 is 5.97 Å². The van der Waals surface area contributed by atoms with Crippen LogP contribution in [0.3, 0.4) is 0 Å². The monoisotopic (exact) mass is 321 g/mol. The highest BCUT2D eigenvalue weighted by Gasteiger charge is 2.17. The van der Waals surface area contributed by atoms with Gasteiger partial charge in [0.2, 0.25) is 5.91 Å². The van der Waals surface area contributed by atoms with E-state index in [9.17, 15) is 9.59 Å². The van der Waals surface area contributed by atoms with Gasteiger partial charge in [-0.3, -0.25) is 9.59 Å². The molecular formula is C17H23NO5. The number of amides is 1. The third-order valence-electron chi connectivity index (χ3n) is 3.63. The van der Waals surface area contributed by atoms with E-state index in [1.54, 1.807) is 24.3 Å². The van der Waals surface area contributed by atoms with Crippen LogP contribution in [0.5, 0.6) is 5.75 Å². The van der Waals surface area contributed by atoms with Gasteiger partial charge in [-0.2, -0.15) is 0 Å². The van der Waals surface area contributed by atoms with Gasteiger partial charge in [0.15, 0.2) is 0 Å². The Hall–Kier alpha value is -2.08. The van der Waals surface area contributed by atoms with E-state index in [1.807, 2.05) is 0 Å². The third kappa shape index (κ3) is 6.69. The van der Waals surface area contributed by atoms with Gasteiger partial charge in [0, 0.05) is 18.7 Å². The average Bonchev–Trinajstić information content (AvgIpc) is 2.54. The summed E-state index contributed by atoms with van der Waals surface area (Å²) in [5.74, 6) is -0.218. The largest absolute Gasteiger partial charge is 0.494 e. The van der Waals surface area contributed by atoms with Crippen molar-refractivity contribution in [2.75, 3.05) is 18.5 Å². The maximum atomic E-state index is 12.0. The van der Waals surface area contributed by atoms with E-state index in [-0.39, 0.29) is 18.4 Å².